The van der Waals surface area contributed by atoms with Gasteiger partial charge in [0.2, 0.25) is 0 Å². The number of piperazine rings is 1. The van der Waals surface area contributed by atoms with Crippen LogP contribution in [-0.4, -0.2) is 68.2 Å². The summed E-state index contributed by atoms with van der Waals surface area (Å²) in [4.78, 5) is 23.4. The van der Waals surface area contributed by atoms with Crippen molar-refractivity contribution in [1.82, 2.24) is 4.90 Å². The second-order valence-electron chi connectivity index (χ2n) is 8.82. The van der Waals surface area contributed by atoms with Gasteiger partial charge in [-0.25, -0.2) is 18.0 Å². The Kier molecular flexibility index (Phi) is 10.7. The van der Waals surface area contributed by atoms with Crippen LogP contribution in [0.5, 0.6) is 0 Å². The highest BCUT2D eigenvalue weighted by atomic mass is 35.5. The molecule has 0 spiro atoms. The number of hydrogen-bond donors (Lipinski definition) is 2. The lowest BCUT2D eigenvalue weighted by atomic mass is 10.1. The van der Waals surface area contributed by atoms with E-state index in [4.69, 9.17) is 31.4 Å². The monoisotopic (exact) mass is 558 g/mol. The zero-order chi connectivity index (χ0) is 27.5. The highest BCUT2D eigenvalue weighted by Crippen LogP contribution is 2.33. The van der Waals surface area contributed by atoms with Gasteiger partial charge in [-0.15, -0.1) is 0 Å². The molecule has 1 fully saturated rings. The van der Waals surface area contributed by atoms with Crippen LogP contribution in [0.4, 0.5) is 5.69 Å². The van der Waals surface area contributed by atoms with Gasteiger partial charge in [-0.05, 0) is 61.3 Å². The Labute approximate surface area is 228 Å². The molecule has 2 N–H and O–H groups in total. The first-order valence-corrected chi connectivity index (χ1v) is 14.1. The van der Waals surface area contributed by atoms with E-state index < -0.39 is 27.0 Å². The van der Waals surface area contributed by atoms with Gasteiger partial charge in [-0.1, -0.05) is 60.1 Å². The number of aliphatic carboxylic acids is 2. The summed E-state index contributed by atoms with van der Waals surface area (Å²) in [6.07, 6.45) is 1.42. The van der Waals surface area contributed by atoms with Crippen LogP contribution in [-0.2, 0) is 19.4 Å². The third-order valence-corrected chi connectivity index (χ3v) is 8.74. The number of para-hydroxylation sites is 1. The molecule has 0 aromatic heterocycles. The molecule has 1 heterocycles. The van der Waals surface area contributed by atoms with E-state index in [1.165, 1.54) is 5.69 Å². The van der Waals surface area contributed by atoms with Crippen LogP contribution in [0.1, 0.15) is 23.7 Å². The summed E-state index contributed by atoms with van der Waals surface area (Å²) < 4.78 is 26.9. The van der Waals surface area contributed by atoms with Gasteiger partial charge in [-0.2, -0.15) is 0 Å². The molecule has 0 saturated carbocycles. The summed E-state index contributed by atoms with van der Waals surface area (Å²) in [5.41, 5.74) is 2.11. The molecular weight excluding hydrogens is 528 g/mol. The van der Waals surface area contributed by atoms with E-state index in [2.05, 4.69) is 34.1 Å². The number of hydrogen-bond acceptors (Lipinski definition) is 6. The zero-order valence-electron chi connectivity index (χ0n) is 20.8. The third kappa shape index (κ3) is 8.31. The molecule has 10 heteroatoms. The number of anilines is 1. The first-order chi connectivity index (χ1) is 18.2. The van der Waals surface area contributed by atoms with Gasteiger partial charge in [-0.3, -0.25) is 4.90 Å². The molecule has 4 rings (SSSR count). The van der Waals surface area contributed by atoms with Crippen molar-refractivity contribution in [3.8, 4) is 0 Å². The van der Waals surface area contributed by atoms with Crippen LogP contribution in [0, 0.1) is 0 Å². The summed E-state index contributed by atoms with van der Waals surface area (Å²) in [7, 11) is -3.50. The van der Waals surface area contributed by atoms with Gasteiger partial charge in [0.15, 0.2) is 9.84 Å². The standard InChI is InChI=1S/C26H29ClN2O2S.C2H2O4/c27-23-13-15-25(16-14-23)32(30,31)26(22-8-3-1-4-9-22)12-7-17-28-18-20-29(21-19-28)24-10-5-2-6-11-24;3-1(4)2(5)6/h1-6,8-11,13-16,26H,7,12,17-21H2;(H,3,4)(H,5,6). The molecule has 0 bridgehead atoms. The number of carboxylic acids is 2. The molecule has 1 aliphatic rings. The van der Waals surface area contributed by atoms with Gasteiger partial charge in [0.25, 0.3) is 0 Å². The average Bonchev–Trinajstić information content (AvgIpc) is 2.93. The molecule has 1 saturated heterocycles. The zero-order valence-corrected chi connectivity index (χ0v) is 22.4. The predicted octanol–water partition coefficient (Wildman–Crippen LogP) is 4.61. The molecule has 0 radical (unpaired) electrons. The minimum absolute atomic E-state index is 0.326. The summed E-state index contributed by atoms with van der Waals surface area (Å²) in [6, 6.07) is 26.6. The largest absolute Gasteiger partial charge is 0.473 e. The van der Waals surface area contributed by atoms with Crippen LogP contribution in [0.25, 0.3) is 0 Å². The van der Waals surface area contributed by atoms with E-state index in [9.17, 15) is 8.42 Å². The Hall–Kier alpha value is -3.40. The molecule has 38 heavy (non-hydrogen) atoms. The first kappa shape index (κ1) is 29.2. The Bertz CT molecular complexity index is 1270. The molecule has 1 aliphatic heterocycles. The smallest absolute Gasteiger partial charge is 0.414 e. The lowest BCUT2D eigenvalue weighted by Crippen LogP contribution is -2.46. The molecule has 3 aromatic carbocycles. The van der Waals surface area contributed by atoms with Crippen molar-refractivity contribution >= 4 is 39.1 Å². The summed E-state index contributed by atoms with van der Waals surface area (Å²) in [5.74, 6) is -3.65. The molecule has 0 amide bonds. The van der Waals surface area contributed by atoms with Crippen LogP contribution in [0.2, 0.25) is 5.02 Å². The maximum Gasteiger partial charge on any atom is 0.414 e. The van der Waals surface area contributed by atoms with Crippen LogP contribution < -0.4 is 4.90 Å². The summed E-state index contributed by atoms with van der Waals surface area (Å²) in [5, 5.41) is 14.8. The summed E-state index contributed by atoms with van der Waals surface area (Å²) in [6.45, 7) is 4.89. The van der Waals surface area contributed by atoms with E-state index in [0.29, 0.717) is 16.3 Å². The van der Waals surface area contributed by atoms with Crippen molar-refractivity contribution in [3.63, 3.8) is 0 Å². The van der Waals surface area contributed by atoms with Crippen molar-refractivity contribution in [1.29, 1.82) is 0 Å². The second-order valence-corrected chi connectivity index (χ2v) is 11.4. The van der Waals surface area contributed by atoms with Crippen molar-refractivity contribution in [2.45, 2.75) is 23.0 Å². The molecule has 202 valence electrons. The lowest BCUT2D eigenvalue weighted by Gasteiger charge is -2.36. The Morgan fingerprint density at radius 3 is 1.84 bits per heavy atom. The number of benzene rings is 3. The normalized spacial score (nSPS) is 14.7. The highest BCUT2D eigenvalue weighted by molar-refractivity contribution is 7.91. The van der Waals surface area contributed by atoms with Crippen molar-refractivity contribution in [3.05, 3.63) is 95.5 Å². The van der Waals surface area contributed by atoms with Crippen molar-refractivity contribution in [2.75, 3.05) is 37.6 Å². The molecule has 0 aliphatic carbocycles. The van der Waals surface area contributed by atoms with Crippen LogP contribution in [0.15, 0.2) is 89.8 Å². The van der Waals surface area contributed by atoms with Crippen molar-refractivity contribution < 1.29 is 28.2 Å². The fourth-order valence-corrected chi connectivity index (χ4v) is 6.29. The Morgan fingerprint density at radius 1 is 0.789 bits per heavy atom. The van der Waals surface area contributed by atoms with Gasteiger partial charge in [0.1, 0.15) is 0 Å². The minimum Gasteiger partial charge on any atom is -0.473 e. The lowest BCUT2D eigenvalue weighted by molar-refractivity contribution is -0.159. The summed E-state index contributed by atoms with van der Waals surface area (Å²) >= 11 is 5.97. The van der Waals surface area contributed by atoms with Gasteiger partial charge >= 0.3 is 11.9 Å². The number of rotatable bonds is 8. The number of carbonyl (C=O) groups is 2. The fraction of sp³-hybridized carbons (Fsp3) is 0.286. The molecule has 1 atom stereocenters. The third-order valence-electron chi connectivity index (χ3n) is 6.31. The quantitative estimate of drug-likeness (QED) is 0.385. The molecule has 8 nitrogen and oxygen atoms in total. The maximum atomic E-state index is 13.5. The average molecular weight is 559 g/mol. The number of nitrogens with zero attached hydrogens (tertiary/aromatic N) is 2. The topological polar surface area (TPSA) is 115 Å². The van der Waals surface area contributed by atoms with E-state index >= 15 is 0 Å². The Balaban J connectivity index is 0.000000599. The predicted molar refractivity (Wildman–Crippen MR) is 147 cm³/mol. The van der Waals surface area contributed by atoms with Gasteiger partial charge < -0.3 is 15.1 Å². The fourth-order valence-electron chi connectivity index (χ4n) is 4.33. The second kappa shape index (κ2) is 13.9. The SMILES string of the molecule is O=C(O)C(=O)O.O=S(=O)(c1ccc(Cl)cc1)C(CCCN1CCN(c2ccccc2)CC1)c1ccccc1. The molecule has 1 unspecified atom stereocenters. The molecular formula is C28H31ClN2O6S. The van der Waals surface area contributed by atoms with Gasteiger partial charge in [0.05, 0.1) is 10.1 Å². The molecule has 3 aromatic rings. The van der Waals surface area contributed by atoms with E-state index in [1.807, 2.05) is 36.4 Å². The highest BCUT2D eigenvalue weighted by Gasteiger charge is 2.29. The van der Waals surface area contributed by atoms with Crippen LogP contribution in [0.3, 0.4) is 0 Å². The van der Waals surface area contributed by atoms with E-state index in [1.54, 1.807) is 24.3 Å². The minimum atomic E-state index is -3.50. The van der Waals surface area contributed by atoms with Crippen LogP contribution >= 0.6 is 11.6 Å². The van der Waals surface area contributed by atoms with Gasteiger partial charge in [0, 0.05) is 36.9 Å². The van der Waals surface area contributed by atoms with Crippen molar-refractivity contribution in [2.24, 2.45) is 0 Å². The number of sulfone groups is 1. The number of halogens is 1. The van der Waals surface area contributed by atoms with E-state index in [-0.39, 0.29) is 0 Å². The number of carboxylic acid groups (broad SMARTS) is 2. The Morgan fingerprint density at radius 2 is 1.32 bits per heavy atom. The maximum absolute atomic E-state index is 13.5. The first-order valence-electron chi connectivity index (χ1n) is 12.2. The van der Waals surface area contributed by atoms with E-state index in [0.717, 1.165) is 44.7 Å².